The van der Waals surface area contributed by atoms with E-state index in [2.05, 4.69) is 6.58 Å². The van der Waals surface area contributed by atoms with Crippen molar-refractivity contribution in [1.82, 2.24) is 0 Å². The Labute approximate surface area is 203 Å². The molecular weight excluding hydrogens is 452 g/mol. The first-order chi connectivity index (χ1) is 16.5. The lowest BCUT2D eigenvalue weighted by molar-refractivity contribution is -0.439. The van der Waals surface area contributed by atoms with Gasteiger partial charge in [0.2, 0.25) is 0 Å². The molecular formula is C27H30O8. The number of carbonyl (C=O) groups is 1. The highest BCUT2D eigenvalue weighted by Crippen LogP contribution is 2.73. The molecule has 0 spiro atoms. The van der Waals surface area contributed by atoms with Crippen molar-refractivity contribution in [1.29, 1.82) is 0 Å². The Hall–Kier alpha value is -1.91. The number of ether oxygens (including phenoxy) is 4. The van der Waals surface area contributed by atoms with Gasteiger partial charge in [0.15, 0.2) is 11.4 Å². The highest BCUT2D eigenvalue weighted by Gasteiger charge is 2.88. The molecule has 0 radical (unpaired) electrons. The number of ketones is 1. The highest BCUT2D eigenvalue weighted by atomic mass is 16.9. The fourth-order valence-electron chi connectivity index (χ4n) is 8.10. The first kappa shape index (κ1) is 22.3. The van der Waals surface area contributed by atoms with E-state index < -0.39 is 70.9 Å². The van der Waals surface area contributed by atoms with E-state index in [1.54, 1.807) is 13.0 Å². The van der Waals surface area contributed by atoms with Gasteiger partial charge in [0.25, 0.3) is 0 Å². The summed E-state index contributed by atoms with van der Waals surface area (Å²) < 4.78 is 26.5. The van der Waals surface area contributed by atoms with Crippen molar-refractivity contribution >= 4 is 5.78 Å². The van der Waals surface area contributed by atoms with Crippen LogP contribution < -0.4 is 0 Å². The van der Waals surface area contributed by atoms with Crippen molar-refractivity contribution in [3.63, 3.8) is 0 Å². The monoisotopic (exact) mass is 482 g/mol. The number of epoxide rings is 1. The van der Waals surface area contributed by atoms with E-state index in [9.17, 15) is 20.1 Å². The minimum absolute atomic E-state index is 0.243. The Kier molecular flexibility index (Phi) is 4.02. The fraction of sp³-hybridized carbons (Fsp3) is 0.593. The summed E-state index contributed by atoms with van der Waals surface area (Å²) in [4.78, 5) is 13.5. The highest BCUT2D eigenvalue weighted by molar-refractivity contribution is 6.05. The molecule has 2 saturated carbocycles. The molecule has 0 amide bonds. The summed E-state index contributed by atoms with van der Waals surface area (Å²) in [6.07, 6.45) is -0.731. The smallest absolute Gasteiger partial charge is 0.313 e. The van der Waals surface area contributed by atoms with Gasteiger partial charge in [0, 0.05) is 17.4 Å². The number of carbonyl (C=O) groups excluding carboxylic acids is 1. The summed E-state index contributed by atoms with van der Waals surface area (Å²) >= 11 is 0. The van der Waals surface area contributed by atoms with Crippen molar-refractivity contribution in [3.8, 4) is 0 Å². The van der Waals surface area contributed by atoms with Crippen molar-refractivity contribution in [2.75, 3.05) is 6.61 Å². The molecule has 1 aromatic rings. The lowest BCUT2D eigenvalue weighted by atomic mass is 9.54. The van der Waals surface area contributed by atoms with Gasteiger partial charge in [-0.15, -0.1) is 0 Å². The summed E-state index contributed by atoms with van der Waals surface area (Å²) in [5.41, 5.74) is -4.05. The van der Waals surface area contributed by atoms with Gasteiger partial charge in [0.05, 0.1) is 12.2 Å². The van der Waals surface area contributed by atoms with E-state index in [0.29, 0.717) is 17.6 Å². The molecule has 3 saturated heterocycles. The molecule has 7 rings (SSSR count). The molecule has 3 bridgehead atoms. The zero-order valence-corrected chi connectivity index (χ0v) is 19.9. The standard InChI is InChI=1S/C27H30O8/c1-13(2)23-11-15(4)26-17-10-14(3)19(29)25(17,31)22(30)24(12-28)21(32-24)18(26)20(23)33-27(34-23,35-26)16-8-6-5-7-9-16/h5-10,15,17-18,20-22,28,30-31H,1,11-12H2,2-4H3/t15-,17-,18-,20-,21+,22-,23-,24-,25-,26+,27-/m1/s1. The molecule has 3 aliphatic carbocycles. The molecule has 35 heavy (non-hydrogen) atoms. The van der Waals surface area contributed by atoms with Crippen LogP contribution in [0.5, 0.6) is 0 Å². The molecule has 3 N–H and O–H groups in total. The molecule has 0 aromatic heterocycles. The Morgan fingerprint density at radius 2 is 1.89 bits per heavy atom. The van der Waals surface area contributed by atoms with Crippen LogP contribution in [0.4, 0.5) is 0 Å². The van der Waals surface area contributed by atoms with Crippen LogP contribution in [0, 0.1) is 17.8 Å². The van der Waals surface area contributed by atoms with Crippen LogP contribution in [-0.4, -0.2) is 68.4 Å². The van der Waals surface area contributed by atoms with E-state index in [1.807, 2.05) is 44.2 Å². The van der Waals surface area contributed by atoms with Crippen LogP contribution in [-0.2, 0) is 29.7 Å². The molecule has 1 aromatic carbocycles. The Morgan fingerprint density at radius 1 is 1.17 bits per heavy atom. The Bertz CT molecular complexity index is 1200. The van der Waals surface area contributed by atoms with Gasteiger partial charge in [-0.05, 0) is 37.3 Å². The third-order valence-electron chi connectivity index (χ3n) is 9.77. The van der Waals surface area contributed by atoms with E-state index in [4.69, 9.17) is 18.9 Å². The van der Waals surface area contributed by atoms with Crippen LogP contribution in [0.25, 0.3) is 0 Å². The average Bonchev–Trinajstić information content (AvgIpc) is 3.48. The zero-order valence-electron chi connectivity index (χ0n) is 19.9. The van der Waals surface area contributed by atoms with Gasteiger partial charge in [-0.2, -0.15) is 0 Å². The number of hydrogen-bond acceptors (Lipinski definition) is 8. The number of hydrogen-bond donors (Lipinski definition) is 3. The molecule has 8 heteroatoms. The number of rotatable bonds is 3. The third-order valence-corrected chi connectivity index (χ3v) is 9.77. The van der Waals surface area contributed by atoms with Gasteiger partial charge in [-0.3, -0.25) is 4.79 Å². The van der Waals surface area contributed by atoms with Crippen LogP contribution in [0.15, 0.2) is 54.1 Å². The predicted molar refractivity (Wildman–Crippen MR) is 121 cm³/mol. The largest absolute Gasteiger partial charge is 0.393 e. The second-order valence-electron chi connectivity index (χ2n) is 11.4. The molecule has 186 valence electrons. The quantitative estimate of drug-likeness (QED) is 0.436. The third kappa shape index (κ3) is 2.16. The molecule has 11 atom stereocenters. The second-order valence-corrected chi connectivity index (χ2v) is 11.4. The maximum Gasteiger partial charge on any atom is 0.313 e. The van der Waals surface area contributed by atoms with Crippen LogP contribution in [0.1, 0.15) is 32.8 Å². The molecule has 3 aliphatic heterocycles. The molecule has 3 heterocycles. The normalized spacial score (nSPS) is 55.0. The molecule has 6 aliphatic rings. The number of Topliss-reactive ketones (excluding diaryl/α,β-unsaturated/α-hetero) is 1. The summed E-state index contributed by atoms with van der Waals surface area (Å²) in [7, 11) is 0. The van der Waals surface area contributed by atoms with Crippen molar-refractivity contribution in [2.45, 2.75) is 73.9 Å². The first-order valence-corrected chi connectivity index (χ1v) is 12.3. The SMILES string of the molecule is C=C(C)[C@]12C[C@@H](C)[C@@]34O[C@](c5ccccc5)(O[C@@H]1[C@@H]3[C@@H]1O[C@@]1(CO)[C@@H](O)[C@]1(O)C(=O)C(C)=C[C@H]14)O2. The summed E-state index contributed by atoms with van der Waals surface area (Å²) in [6, 6.07) is 9.35. The van der Waals surface area contributed by atoms with E-state index >= 15 is 0 Å². The topological polar surface area (TPSA) is 118 Å². The molecule has 0 unspecified atom stereocenters. The van der Waals surface area contributed by atoms with Gasteiger partial charge in [-0.1, -0.05) is 49.9 Å². The van der Waals surface area contributed by atoms with Crippen molar-refractivity contribution in [2.24, 2.45) is 17.8 Å². The average molecular weight is 483 g/mol. The number of aliphatic hydroxyl groups excluding tert-OH is 2. The molecule has 5 fully saturated rings. The minimum atomic E-state index is -2.22. The first-order valence-electron chi connectivity index (χ1n) is 12.3. The van der Waals surface area contributed by atoms with Crippen molar-refractivity contribution < 1.29 is 39.1 Å². The van der Waals surface area contributed by atoms with Gasteiger partial charge < -0.3 is 34.3 Å². The maximum absolute atomic E-state index is 13.5. The molecule has 8 nitrogen and oxygen atoms in total. The summed E-state index contributed by atoms with van der Waals surface area (Å²) in [6.45, 7) is 9.26. The van der Waals surface area contributed by atoms with Crippen LogP contribution >= 0.6 is 0 Å². The minimum Gasteiger partial charge on any atom is -0.393 e. The maximum atomic E-state index is 13.5. The van der Waals surface area contributed by atoms with Gasteiger partial charge in [-0.25, -0.2) is 0 Å². The lowest BCUT2D eigenvalue weighted by Gasteiger charge is -2.59. The lowest BCUT2D eigenvalue weighted by Crippen LogP contribution is -2.72. The van der Waals surface area contributed by atoms with Crippen molar-refractivity contribution in [3.05, 3.63) is 59.7 Å². The van der Waals surface area contributed by atoms with E-state index in [1.165, 1.54) is 0 Å². The zero-order chi connectivity index (χ0) is 24.8. The number of benzene rings is 1. The summed E-state index contributed by atoms with van der Waals surface area (Å²) in [5, 5.41) is 34.0. The number of fused-ring (bicyclic) bond motifs is 3. The Balaban J connectivity index is 1.53. The van der Waals surface area contributed by atoms with E-state index in [-0.39, 0.29) is 5.92 Å². The summed E-state index contributed by atoms with van der Waals surface area (Å²) in [5.74, 6) is -3.85. The Morgan fingerprint density at radius 3 is 2.54 bits per heavy atom. The second kappa shape index (κ2) is 6.31. The van der Waals surface area contributed by atoms with Crippen LogP contribution in [0.3, 0.4) is 0 Å². The van der Waals surface area contributed by atoms with Gasteiger partial charge >= 0.3 is 5.97 Å². The fourth-order valence-corrected chi connectivity index (χ4v) is 8.10. The predicted octanol–water partition coefficient (Wildman–Crippen LogP) is 1.33. The number of aliphatic hydroxyl groups is 3. The van der Waals surface area contributed by atoms with Crippen LogP contribution in [0.2, 0.25) is 0 Å². The van der Waals surface area contributed by atoms with Gasteiger partial charge in [0.1, 0.15) is 29.5 Å². The van der Waals surface area contributed by atoms with E-state index in [0.717, 1.165) is 5.57 Å².